The smallest absolute Gasteiger partial charge is 0.150 e. The zero-order chi connectivity index (χ0) is 10.8. The Hall–Kier alpha value is -1.18. The number of hydrogen-bond acceptors (Lipinski definition) is 1. The van der Waals surface area contributed by atoms with Crippen LogP contribution in [0.1, 0.15) is 42.9 Å². The summed E-state index contributed by atoms with van der Waals surface area (Å²) in [6, 6.07) is 6.61. The molecule has 0 aromatic heterocycles. The van der Waals surface area contributed by atoms with E-state index in [0.717, 1.165) is 6.29 Å². The first-order valence-corrected chi connectivity index (χ1v) is 4.64. The second-order valence-electron chi connectivity index (χ2n) is 4.51. The lowest BCUT2D eigenvalue weighted by Crippen LogP contribution is -2.13. The molecule has 0 amide bonds. The van der Waals surface area contributed by atoms with Crippen molar-refractivity contribution in [3.8, 4) is 0 Å². The third-order valence-electron chi connectivity index (χ3n) is 2.13. The molecule has 0 radical (unpaired) electrons. The fourth-order valence-corrected chi connectivity index (χ4v) is 1.24. The van der Waals surface area contributed by atoms with Crippen LogP contribution in [0.15, 0.2) is 24.3 Å². The minimum Gasteiger partial charge on any atom is -0.298 e. The van der Waals surface area contributed by atoms with Gasteiger partial charge in [-0.25, -0.2) is 4.39 Å². The second-order valence-corrected chi connectivity index (χ2v) is 4.51. The van der Waals surface area contributed by atoms with E-state index in [0.29, 0.717) is 11.1 Å². The van der Waals surface area contributed by atoms with Crippen LogP contribution in [-0.2, 0) is 0 Å². The fourth-order valence-electron chi connectivity index (χ4n) is 1.24. The quantitative estimate of drug-likeness (QED) is 0.658. The van der Waals surface area contributed by atoms with Gasteiger partial charge in [-0.05, 0) is 11.0 Å². The van der Waals surface area contributed by atoms with Crippen molar-refractivity contribution in [1.29, 1.82) is 0 Å². The van der Waals surface area contributed by atoms with Gasteiger partial charge in [0.15, 0.2) is 0 Å². The number of benzene rings is 1. The zero-order valence-electron chi connectivity index (χ0n) is 8.75. The molecule has 1 aromatic carbocycles. The summed E-state index contributed by atoms with van der Waals surface area (Å²) >= 11 is 0. The highest BCUT2D eigenvalue weighted by Crippen LogP contribution is 2.35. The van der Waals surface area contributed by atoms with Gasteiger partial charge in [-0.1, -0.05) is 45.0 Å². The van der Waals surface area contributed by atoms with E-state index in [9.17, 15) is 9.18 Å². The lowest BCUT2D eigenvalue weighted by atomic mass is 9.86. The Morgan fingerprint density at radius 3 is 2.07 bits per heavy atom. The van der Waals surface area contributed by atoms with Gasteiger partial charge in [0.2, 0.25) is 0 Å². The maximum absolute atomic E-state index is 13.8. The molecule has 1 atom stereocenters. The molecule has 0 fully saturated rings. The van der Waals surface area contributed by atoms with E-state index in [4.69, 9.17) is 0 Å². The van der Waals surface area contributed by atoms with Gasteiger partial charge >= 0.3 is 0 Å². The lowest BCUT2D eigenvalue weighted by Gasteiger charge is -2.23. The van der Waals surface area contributed by atoms with E-state index in [1.54, 1.807) is 24.3 Å². The van der Waals surface area contributed by atoms with E-state index in [1.807, 2.05) is 20.8 Å². The molecule has 0 bridgehead atoms. The number of carbonyl (C=O) groups excluding carboxylic acids is 1. The largest absolute Gasteiger partial charge is 0.298 e. The van der Waals surface area contributed by atoms with E-state index in [1.165, 1.54) is 0 Å². The van der Waals surface area contributed by atoms with Crippen molar-refractivity contribution in [3.05, 3.63) is 35.4 Å². The zero-order valence-corrected chi connectivity index (χ0v) is 8.75. The van der Waals surface area contributed by atoms with Crippen molar-refractivity contribution in [3.63, 3.8) is 0 Å². The monoisotopic (exact) mass is 194 g/mol. The Kier molecular flexibility index (Phi) is 3.04. The molecule has 0 spiro atoms. The van der Waals surface area contributed by atoms with E-state index < -0.39 is 11.6 Å². The maximum Gasteiger partial charge on any atom is 0.150 e. The molecule has 0 saturated heterocycles. The molecule has 0 aliphatic heterocycles. The molecule has 1 rings (SSSR count). The minimum atomic E-state index is -0.997. The average Bonchev–Trinajstić information content (AvgIpc) is 2.15. The topological polar surface area (TPSA) is 17.1 Å². The van der Waals surface area contributed by atoms with Gasteiger partial charge in [0, 0.05) is 5.56 Å². The molecule has 14 heavy (non-hydrogen) atoms. The van der Waals surface area contributed by atoms with Crippen LogP contribution in [0.5, 0.6) is 0 Å². The molecule has 0 saturated carbocycles. The highest BCUT2D eigenvalue weighted by Gasteiger charge is 2.25. The molecule has 0 aliphatic rings. The first-order valence-electron chi connectivity index (χ1n) is 4.64. The number of rotatable bonds is 2. The van der Waals surface area contributed by atoms with Crippen LogP contribution in [-0.4, -0.2) is 6.29 Å². The SMILES string of the molecule is CC(C)(C)C(F)c1ccc(C=O)cc1. The predicted molar refractivity (Wildman–Crippen MR) is 55.1 cm³/mol. The van der Waals surface area contributed by atoms with Gasteiger partial charge in [0.1, 0.15) is 12.5 Å². The van der Waals surface area contributed by atoms with E-state index in [2.05, 4.69) is 0 Å². The molecule has 1 aromatic rings. The molecule has 0 N–H and O–H groups in total. The summed E-state index contributed by atoms with van der Waals surface area (Å²) in [4.78, 5) is 10.4. The highest BCUT2D eigenvalue weighted by atomic mass is 19.1. The number of carbonyl (C=O) groups is 1. The molecule has 1 unspecified atom stereocenters. The molecule has 0 aliphatic carbocycles. The van der Waals surface area contributed by atoms with Gasteiger partial charge in [-0.15, -0.1) is 0 Å². The molecular formula is C12H15FO. The van der Waals surface area contributed by atoms with Crippen molar-refractivity contribution < 1.29 is 9.18 Å². The maximum atomic E-state index is 13.8. The number of alkyl halides is 1. The third kappa shape index (κ3) is 2.41. The second kappa shape index (κ2) is 3.91. The summed E-state index contributed by atoms with van der Waals surface area (Å²) in [5, 5.41) is 0. The van der Waals surface area contributed by atoms with Crippen LogP contribution in [0, 0.1) is 5.41 Å². The predicted octanol–water partition coefficient (Wildman–Crippen LogP) is 3.56. The summed E-state index contributed by atoms with van der Waals surface area (Å²) in [5.41, 5.74) is 0.806. The lowest BCUT2D eigenvalue weighted by molar-refractivity contribution is 0.112. The van der Waals surface area contributed by atoms with Crippen LogP contribution in [0.3, 0.4) is 0 Å². The first kappa shape index (κ1) is 10.9. The van der Waals surface area contributed by atoms with Gasteiger partial charge in [-0.3, -0.25) is 4.79 Å². The summed E-state index contributed by atoms with van der Waals surface area (Å²) < 4.78 is 13.8. The Morgan fingerprint density at radius 2 is 1.71 bits per heavy atom. The highest BCUT2D eigenvalue weighted by molar-refractivity contribution is 5.74. The van der Waals surface area contributed by atoms with Crippen LogP contribution in [0.25, 0.3) is 0 Å². The van der Waals surface area contributed by atoms with Gasteiger partial charge < -0.3 is 0 Å². The van der Waals surface area contributed by atoms with Crippen LogP contribution >= 0.6 is 0 Å². The van der Waals surface area contributed by atoms with Crippen molar-refractivity contribution in [1.82, 2.24) is 0 Å². The molecule has 2 heteroatoms. The van der Waals surface area contributed by atoms with Gasteiger partial charge in [0.05, 0.1) is 0 Å². The van der Waals surface area contributed by atoms with E-state index >= 15 is 0 Å². The normalized spacial score (nSPS) is 13.7. The molecule has 1 nitrogen and oxygen atoms in total. The van der Waals surface area contributed by atoms with E-state index in [-0.39, 0.29) is 0 Å². The molecule has 76 valence electrons. The van der Waals surface area contributed by atoms with Crippen molar-refractivity contribution in [2.75, 3.05) is 0 Å². The van der Waals surface area contributed by atoms with Crippen LogP contribution in [0.4, 0.5) is 4.39 Å². The summed E-state index contributed by atoms with van der Waals surface area (Å²) in [5.74, 6) is 0. The Morgan fingerprint density at radius 1 is 1.21 bits per heavy atom. The summed E-state index contributed by atoms with van der Waals surface area (Å²) in [7, 11) is 0. The summed E-state index contributed by atoms with van der Waals surface area (Å²) in [6.45, 7) is 5.56. The number of halogens is 1. The van der Waals surface area contributed by atoms with Crippen molar-refractivity contribution >= 4 is 6.29 Å². The Balaban J connectivity index is 2.92. The Bertz CT molecular complexity index is 308. The standard InChI is InChI=1S/C12H15FO/c1-12(2,3)11(13)10-6-4-9(8-14)5-7-10/h4-8,11H,1-3H3. The molecule has 0 heterocycles. The fraction of sp³-hybridized carbons (Fsp3) is 0.417. The van der Waals surface area contributed by atoms with Crippen molar-refractivity contribution in [2.24, 2.45) is 5.41 Å². The Labute approximate surface area is 83.9 Å². The van der Waals surface area contributed by atoms with Crippen LogP contribution in [0.2, 0.25) is 0 Å². The summed E-state index contributed by atoms with van der Waals surface area (Å²) in [6.07, 6.45) is -0.239. The number of aldehydes is 1. The average molecular weight is 194 g/mol. The third-order valence-corrected chi connectivity index (χ3v) is 2.13. The molecular weight excluding hydrogens is 179 g/mol. The minimum absolute atomic E-state index is 0.400. The van der Waals surface area contributed by atoms with Gasteiger partial charge in [-0.2, -0.15) is 0 Å². The first-order chi connectivity index (χ1) is 6.45. The van der Waals surface area contributed by atoms with Crippen molar-refractivity contribution in [2.45, 2.75) is 26.9 Å². The van der Waals surface area contributed by atoms with Crippen LogP contribution < -0.4 is 0 Å². The number of hydrogen-bond donors (Lipinski definition) is 0. The van der Waals surface area contributed by atoms with Gasteiger partial charge in [0.25, 0.3) is 0 Å².